The molecule has 3 rings (SSSR count). The number of rotatable bonds is 4. The van der Waals surface area contributed by atoms with Crippen LogP contribution in [0.15, 0.2) is 0 Å². The molecule has 3 aliphatic rings. The largest absolute Gasteiger partial charge is 0.376 e. The lowest BCUT2D eigenvalue weighted by Gasteiger charge is -2.28. The van der Waals surface area contributed by atoms with Gasteiger partial charge in [-0.2, -0.15) is 0 Å². The van der Waals surface area contributed by atoms with Crippen molar-refractivity contribution in [3.8, 4) is 0 Å². The van der Waals surface area contributed by atoms with Gasteiger partial charge in [-0.1, -0.05) is 0 Å². The topological polar surface area (TPSA) is 24.5 Å². The molecule has 2 aliphatic heterocycles. The Labute approximate surface area is 98.5 Å². The molecule has 2 saturated heterocycles. The molecule has 3 unspecified atom stereocenters. The lowest BCUT2D eigenvalue weighted by molar-refractivity contribution is 0.0520. The highest BCUT2D eigenvalue weighted by Gasteiger charge is 2.44. The molecular formula is C13H24N2O. The summed E-state index contributed by atoms with van der Waals surface area (Å²) >= 11 is 0. The first-order chi connectivity index (χ1) is 7.88. The van der Waals surface area contributed by atoms with Crippen LogP contribution in [0.2, 0.25) is 0 Å². The molecule has 3 atom stereocenters. The molecule has 1 N–H and O–H groups in total. The van der Waals surface area contributed by atoms with Gasteiger partial charge in [0.1, 0.15) is 0 Å². The Bertz CT molecular complexity index is 242. The van der Waals surface area contributed by atoms with Crippen LogP contribution < -0.4 is 5.32 Å². The molecular weight excluding hydrogens is 200 g/mol. The van der Waals surface area contributed by atoms with E-state index in [0.717, 1.165) is 24.5 Å². The van der Waals surface area contributed by atoms with E-state index >= 15 is 0 Å². The average molecular weight is 224 g/mol. The Morgan fingerprint density at radius 1 is 1.25 bits per heavy atom. The van der Waals surface area contributed by atoms with E-state index in [2.05, 4.69) is 17.3 Å². The molecule has 3 heteroatoms. The Morgan fingerprint density at radius 3 is 2.88 bits per heavy atom. The third-order valence-corrected chi connectivity index (χ3v) is 4.47. The second-order valence-electron chi connectivity index (χ2n) is 5.74. The van der Waals surface area contributed by atoms with Crippen molar-refractivity contribution in [3.63, 3.8) is 0 Å². The van der Waals surface area contributed by atoms with Crippen molar-refractivity contribution in [2.45, 2.75) is 37.8 Å². The minimum atomic E-state index is 0.577. The van der Waals surface area contributed by atoms with Crippen LogP contribution in [0.3, 0.4) is 0 Å². The standard InChI is InChI=1S/C13H24N2O/c1-14-8-10-4-6-15(9-10)12-5-7-16-13(12)11-2-3-11/h10-14H,2-9H2,1H3. The van der Waals surface area contributed by atoms with Gasteiger partial charge in [-0.15, -0.1) is 0 Å². The number of nitrogens with one attached hydrogen (secondary N) is 1. The lowest BCUT2D eigenvalue weighted by atomic mass is 10.0. The summed E-state index contributed by atoms with van der Waals surface area (Å²) < 4.78 is 5.94. The molecule has 1 saturated carbocycles. The van der Waals surface area contributed by atoms with Gasteiger partial charge in [0, 0.05) is 19.2 Å². The van der Waals surface area contributed by atoms with E-state index < -0.39 is 0 Å². The van der Waals surface area contributed by atoms with E-state index in [1.54, 1.807) is 0 Å². The summed E-state index contributed by atoms with van der Waals surface area (Å²) in [6.07, 6.45) is 6.04. The number of hydrogen-bond donors (Lipinski definition) is 1. The van der Waals surface area contributed by atoms with Gasteiger partial charge < -0.3 is 10.1 Å². The van der Waals surface area contributed by atoms with Crippen LogP contribution in [0.5, 0.6) is 0 Å². The van der Waals surface area contributed by atoms with Gasteiger partial charge in [-0.05, 0) is 57.7 Å². The average Bonchev–Trinajstić information content (AvgIpc) is 2.84. The zero-order valence-corrected chi connectivity index (χ0v) is 10.3. The van der Waals surface area contributed by atoms with Crippen molar-refractivity contribution in [1.82, 2.24) is 10.2 Å². The molecule has 16 heavy (non-hydrogen) atoms. The summed E-state index contributed by atoms with van der Waals surface area (Å²) in [4.78, 5) is 2.71. The van der Waals surface area contributed by atoms with Gasteiger partial charge in [0.25, 0.3) is 0 Å². The van der Waals surface area contributed by atoms with E-state index in [-0.39, 0.29) is 0 Å². The molecule has 0 aromatic heterocycles. The normalized spacial score (nSPS) is 40.7. The summed E-state index contributed by atoms with van der Waals surface area (Å²) in [5.74, 6) is 1.77. The first kappa shape index (κ1) is 11.0. The quantitative estimate of drug-likeness (QED) is 0.774. The predicted molar refractivity (Wildman–Crippen MR) is 64.5 cm³/mol. The van der Waals surface area contributed by atoms with Crippen LogP contribution in [0, 0.1) is 11.8 Å². The fraction of sp³-hybridized carbons (Fsp3) is 1.00. The zero-order chi connectivity index (χ0) is 11.0. The second-order valence-corrected chi connectivity index (χ2v) is 5.74. The highest BCUT2D eigenvalue weighted by Crippen LogP contribution is 2.41. The van der Waals surface area contributed by atoms with E-state index in [1.807, 2.05) is 0 Å². The molecule has 0 bridgehead atoms. The Hall–Kier alpha value is -0.120. The Morgan fingerprint density at radius 2 is 2.12 bits per heavy atom. The van der Waals surface area contributed by atoms with Crippen molar-refractivity contribution < 1.29 is 4.74 Å². The van der Waals surface area contributed by atoms with Gasteiger partial charge in [-0.3, -0.25) is 4.90 Å². The Kier molecular flexibility index (Phi) is 3.18. The molecule has 0 radical (unpaired) electrons. The maximum absolute atomic E-state index is 5.94. The molecule has 0 aromatic carbocycles. The summed E-state index contributed by atoms with van der Waals surface area (Å²) in [5.41, 5.74) is 0. The molecule has 3 nitrogen and oxygen atoms in total. The first-order valence-corrected chi connectivity index (χ1v) is 6.88. The van der Waals surface area contributed by atoms with E-state index in [0.29, 0.717) is 6.10 Å². The molecule has 92 valence electrons. The van der Waals surface area contributed by atoms with Crippen LogP contribution in [-0.2, 0) is 4.74 Å². The maximum Gasteiger partial charge on any atom is 0.0759 e. The summed E-state index contributed by atoms with van der Waals surface area (Å²) in [6.45, 7) is 4.76. The van der Waals surface area contributed by atoms with Crippen molar-refractivity contribution in [2.75, 3.05) is 33.3 Å². The van der Waals surface area contributed by atoms with E-state index in [9.17, 15) is 0 Å². The predicted octanol–water partition coefficient (Wildman–Crippen LogP) is 1.10. The fourth-order valence-corrected chi connectivity index (χ4v) is 3.48. The summed E-state index contributed by atoms with van der Waals surface area (Å²) in [6, 6.07) is 0.745. The van der Waals surface area contributed by atoms with Gasteiger partial charge in [0.05, 0.1) is 6.10 Å². The van der Waals surface area contributed by atoms with Gasteiger partial charge in [0.15, 0.2) is 0 Å². The van der Waals surface area contributed by atoms with Gasteiger partial charge >= 0.3 is 0 Å². The van der Waals surface area contributed by atoms with Crippen molar-refractivity contribution >= 4 is 0 Å². The maximum atomic E-state index is 5.94. The second kappa shape index (κ2) is 4.63. The smallest absolute Gasteiger partial charge is 0.0759 e. The third kappa shape index (κ3) is 2.13. The third-order valence-electron chi connectivity index (χ3n) is 4.47. The molecule has 0 amide bonds. The van der Waals surface area contributed by atoms with E-state index in [4.69, 9.17) is 4.74 Å². The monoisotopic (exact) mass is 224 g/mol. The van der Waals surface area contributed by atoms with Gasteiger partial charge in [0.2, 0.25) is 0 Å². The minimum Gasteiger partial charge on any atom is -0.376 e. The number of hydrogen-bond acceptors (Lipinski definition) is 3. The summed E-state index contributed by atoms with van der Waals surface area (Å²) in [5, 5.41) is 3.31. The fourth-order valence-electron chi connectivity index (χ4n) is 3.48. The van der Waals surface area contributed by atoms with Gasteiger partial charge in [-0.25, -0.2) is 0 Å². The highest BCUT2D eigenvalue weighted by molar-refractivity contribution is 4.96. The van der Waals surface area contributed by atoms with Crippen molar-refractivity contribution in [3.05, 3.63) is 0 Å². The highest BCUT2D eigenvalue weighted by atomic mass is 16.5. The van der Waals surface area contributed by atoms with Crippen molar-refractivity contribution in [1.29, 1.82) is 0 Å². The van der Waals surface area contributed by atoms with E-state index in [1.165, 1.54) is 45.3 Å². The van der Waals surface area contributed by atoms with Crippen LogP contribution in [0.4, 0.5) is 0 Å². The number of ether oxygens (including phenoxy) is 1. The van der Waals surface area contributed by atoms with Crippen LogP contribution in [-0.4, -0.2) is 50.3 Å². The number of likely N-dealkylation sites (tertiary alicyclic amines) is 1. The summed E-state index contributed by atoms with van der Waals surface area (Å²) in [7, 11) is 2.06. The molecule has 3 fully saturated rings. The van der Waals surface area contributed by atoms with Crippen LogP contribution in [0.1, 0.15) is 25.7 Å². The van der Waals surface area contributed by atoms with Crippen LogP contribution >= 0.6 is 0 Å². The molecule has 0 spiro atoms. The van der Waals surface area contributed by atoms with Crippen molar-refractivity contribution in [2.24, 2.45) is 11.8 Å². The zero-order valence-electron chi connectivity index (χ0n) is 10.3. The lowest BCUT2D eigenvalue weighted by Crippen LogP contribution is -2.40. The SMILES string of the molecule is CNCC1CCN(C2CCOC2C2CC2)C1. The van der Waals surface area contributed by atoms with Crippen LogP contribution in [0.25, 0.3) is 0 Å². The number of nitrogens with zero attached hydrogens (tertiary/aromatic N) is 1. The first-order valence-electron chi connectivity index (χ1n) is 6.88. The molecule has 1 aliphatic carbocycles. The molecule has 0 aromatic rings. The minimum absolute atomic E-state index is 0.577. The molecule has 2 heterocycles. The Balaban J connectivity index is 1.56.